The van der Waals surface area contributed by atoms with Crippen molar-refractivity contribution in [2.24, 2.45) is 5.73 Å². The highest BCUT2D eigenvalue weighted by atomic mass is 19.1. The molecule has 0 radical (unpaired) electrons. The Morgan fingerprint density at radius 3 is 2.56 bits per heavy atom. The van der Waals surface area contributed by atoms with Gasteiger partial charge in [-0.05, 0) is 41.0 Å². The first kappa shape index (κ1) is 10.9. The topological polar surface area (TPSA) is 46.2 Å². The summed E-state index contributed by atoms with van der Waals surface area (Å²) in [6, 6.07) is 10.6. The van der Waals surface area contributed by atoms with Gasteiger partial charge in [-0.1, -0.05) is 18.2 Å². The molecule has 84 valence electrons. The zero-order valence-electron chi connectivity index (χ0n) is 8.86. The first-order valence-electron chi connectivity index (χ1n) is 5.25. The lowest BCUT2D eigenvalue weighted by Gasteiger charge is -2.10. The Hall–Kier alpha value is -1.61. The van der Waals surface area contributed by atoms with E-state index in [-0.39, 0.29) is 11.8 Å². The lowest BCUT2D eigenvalue weighted by molar-refractivity contribution is 0.442. The van der Waals surface area contributed by atoms with Crippen molar-refractivity contribution in [1.82, 2.24) is 0 Å². The number of rotatable bonds is 3. The van der Waals surface area contributed by atoms with Gasteiger partial charge in [0.05, 0.1) is 6.67 Å². The fourth-order valence-corrected chi connectivity index (χ4v) is 1.77. The summed E-state index contributed by atoms with van der Waals surface area (Å²) in [5, 5.41) is 11.3. The Kier molecular flexibility index (Phi) is 3.06. The zero-order chi connectivity index (χ0) is 11.5. The number of aromatic hydroxyl groups is 1. The van der Waals surface area contributed by atoms with Gasteiger partial charge >= 0.3 is 0 Å². The molecule has 0 fully saturated rings. The Bertz CT molecular complexity index is 498. The fourth-order valence-electron chi connectivity index (χ4n) is 1.77. The molecular formula is C13H14FNO. The summed E-state index contributed by atoms with van der Waals surface area (Å²) in [5.74, 6) is 0.244. The van der Waals surface area contributed by atoms with Crippen molar-refractivity contribution >= 4 is 10.8 Å². The van der Waals surface area contributed by atoms with Crippen LogP contribution in [0.5, 0.6) is 5.75 Å². The molecule has 3 N–H and O–H groups in total. The summed E-state index contributed by atoms with van der Waals surface area (Å²) in [6.45, 7) is -0.408. The van der Waals surface area contributed by atoms with E-state index in [1.807, 2.05) is 24.3 Å². The lowest BCUT2D eigenvalue weighted by Crippen LogP contribution is -2.10. The van der Waals surface area contributed by atoms with Crippen molar-refractivity contribution in [3.8, 4) is 5.75 Å². The molecule has 2 aromatic carbocycles. The maximum atomic E-state index is 12.2. The third-order valence-electron chi connectivity index (χ3n) is 2.70. The molecule has 2 rings (SSSR count). The molecular weight excluding hydrogens is 205 g/mol. The lowest BCUT2D eigenvalue weighted by atomic mass is 10.0. The summed E-state index contributed by atoms with van der Waals surface area (Å²) in [5.41, 5.74) is 6.76. The van der Waals surface area contributed by atoms with E-state index in [1.165, 1.54) is 0 Å². The van der Waals surface area contributed by atoms with Crippen molar-refractivity contribution in [3.05, 3.63) is 42.0 Å². The number of phenolic OH excluding ortho intramolecular Hbond substituents is 1. The average molecular weight is 219 g/mol. The third-order valence-corrected chi connectivity index (χ3v) is 2.70. The van der Waals surface area contributed by atoms with Gasteiger partial charge < -0.3 is 10.8 Å². The molecule has 0 amide bonds. The van der Waals surface area contributed by atoms with Gasteiger partial charge in [0, 0.05) is 6.04 Å². The second-order valence-electron chi connectivity index (χ2n) is 3.88. The van der Waals surface area contributed by atoms with Gasteiger partial charge in [0.25, 0.3) is 0 Å². The van der Waals surface area contributed by atoms with Crippen molar-refractivity contribution < 1.29 is 9.50 Å². The normalized spacial score (nSPS) is 12.9. The zero-order valence-corrected chi connectivity index (χ0v) is 8.86. The highest BCUT2D eigenvalue weighted by Gasteiger charge is 2.06. The molecule has 0 aliphatic carbocycles. The maximum Gasteiger partial charge on any atom is 0.116 e. The fraction of sp³-hybridized carbons (Fsp3) is 0.231. The monoisotopic (exact) mass is 219 g/mol. The van der Waals surface area contributed by atoms with Crippen LogP contribution in [0, 0.1) is 0 Å². The van der Waals surface area contributed by atoms with Crippen LogP contribution in [0.2, 0.25) is 0 Å². The predicted molar refractivity (Wildman–Crippen MR) is 63.1 cm³/mol. The first-order valence-corrected chi connectivity index (χ1v) is 5.25. The summed E-state index contributed by atoms with van der Waals surface area (Å²) in [7, 11) is 0. The van der Waals surface area contributed by atoms with Gasteiger partial charge in [0.2, 0.25) is 0 Å². The summed E-state index contributed by atoms with van der Waals surface area (Å²) < 4.78 is 12.2. The van der Waals surface area contributed by atoms with Crippen molar-refractivity contribution in [1.29, 1.82) is 0 Å². The van der Waals surface area contributed by atoms with Gasteiger partial charge in [0.15, 0.2) is 0 Å². The number of benzene rings is 2. The van der Waals surface area contributed by atoms with Crippen molar-refractivity contribution in [2.75, 3.05) is 6.67 Å². The van der Waals surface area contributed by atoms with E-state index in [4.69, 9.17) is 5.73 Å². The molecule has 2 nitrogen and oxygen atoms in total. The van der Waals surface area contributed by atoms with E-state index < -0.39 is 6.67 Å². The third kappa shape index (κ3) is 2.14. The predicted octanol–water partition coefficient (Wildman–Crippen LogP) is 2.90. The number of nitrogens with two attached hydrogens (primary N) is 1. The van der Waals surface area contributed by atoms with Crippen molar-refractivity contribution in [2.45, 2.75) is 12.5 Å². The second kappa shape index (κ2) is 4.49. The Morgan fingerprint density at radius 1 is 1.12 bits per heavy atom. The highest BCUT2D eigenvalue weighted by Crippen LogP contribution is 2.24. The molecule has 0 saturated carbocycles. The van der Waals surface area contributed by atoms with Gasteiger partial charge in [0.1, 0.15) is 5.75 Å². The number of alkyl halides is 1. The van der Waals surface area contributed by atoms with Crippen LogP contribution in [-0.2, 0) is 0 Å². The molecule has 0 bridgehead atoms. The maximum absolute atomic E-state index is 12.2. The molecule has 0 spiro atoms. The standard InChI is InChI=1S/C13H14FNO/c14-6-5-13(15)11-2-1-10-8-12(16)4-3-9(10)7-11/h1-4,7-8,13,16H,5-6,15H2/t13-/m0/s1. The van der Waals surface area contributed by atoms with Crippen LogP contribution in [0.3, 0.4) is 0 Å². The van der Waals surface area contributed by atoms with E-state index in [1.54, 1.807) is 12.1 Å². The Morgan fingerprint density at radius 2 is 1.81 bits per heavy atom. The van der Waals surface area contributed by atoms with E-state index in [0.717, 1.165) is 16.3 Å². The van der Waals surface area contributed by atoms with Gasteiger partial charge in [-0.3, -0.25) is 4.39 Å². The summed E-state index contributed by atoms with van der Waals surface area (Å²) in [6.07, 6.45) is 0.337. The quantitative estimate of drug-likeness (QED) is 0.833. The molecule has 1 atom stereocenters. The van der Waals surface area contributed by atoms with Crippen LogP contribution in [0.4, 0.5) is 4.39 Å². The highest BCUT2D eigenvalue weighted by molar-refractivity contribution is 5.84. The number of halogens is 1. The number of hydrogen-bond acceptors (Lipinski definition) is 2. The number of fused-ring (bicyclic) bond motifs is 1. The van der Waals surface area contributed by atoms with E-state index in [0.29, 0.717) is 6.42 Å². The molecule has 3 heteroatoms. The van der Waals surface area contributed by atoms with E-state index in [9.17, 15) is 9.50 Å². The van der Waals surface area contributed by atoms with Crippen LogP contribution in [0.25, 0.3) is 10.8 Å². The molecule has 0 aliphatic heterocycles. The van der Waals surface area contributed by atoms with E-state index >= 15 is 0 Å². The molecule has 0 heterocycles. The van der Waals surface area contributed by atoms with Crippen molar-refractivity contribution in [3.63, 3.8) is 0 Å². The largest absolute Gasteiger partial charge is 0.508 e. The van der Waals surface area contributed by atoms with Crippen LogP contribution < -0.4 is 5.73 Å². The molecule has 16 heavy (non-hydrogen) atoms. The van der Waals surface area contributed by atoms with Gasteiger partial charge in [-0.2, -0.15) is 0 Å². The first-order chi connectivity index (χ1) is 7.70. The Labute approximate surface area is 93.5 Å². The second-order valence-corrected chi connectivity index (χ2v) is 3.88. The van der Waals surface area contributed by atoms with Crippen LogP contribution in [0.1, 0.15) is 18.0 Å². The van der Waals surface area contributed by atoms with Crippen LogP contribution >= 0.6 is 0 Å². The molecule has 2 aromatic rings. The number of hydrogen-bond donors (Lipinski definition) is 2. The SMILES string of the molecule is N[C@@H](CCF)c1ccc2cc(O)ccc2c1. The van der Waals surface area contributed by atoms with E-state index in [2.05, 4.69) is 0 Å². The number of phenols is 1. The molecule has 0 aliphatic rings. The molecule has 0 aromatic heterocycles. The molecule has 0 unspecified atom stereocenters. The minimum atomic E-state index is -0.408. The van der Waals surface area contributed by atoms with Gasteiger partial charge in [-0.15, -0.1) is 0 Å². The smallest absolute Gasteiger partial charge is 0.116 e. The molecule has 0 saturated heterocycles. The van der Waals surface area contributed by atoms with Gasteiger partial charge in [-0.25, -0.2) is 0 Å². The summed E-state index contributed by atoms with van der Waals surface area (Å²) >= 11 is 0. The Balaban J connectivity index is 2.40. The van der Waals surface area contributed by atoms with Crippen LogP contribution in [-0.4, -0.2) is 11.8 Å². The minimum Gasteiger partial charge on any atom is -0.508 e. The average Bonchev–Trinajstić information content (AvgIpc) is 2.28. The van der Waals surface area contributed by atoms with Crippen LogP contribution in [0.15, 0.2) is 36.4 Å². The minimum absolute atomic E-state index is 0.244. The summed E-state index contributed by atoms with van der Waals surface area (Å²) in [4.78, 5) is 0.